The van der Waals surface area contributed by atoms with E-state index in [0.717, 1.165) is 6.42 Å². The van der Waals surface area contributed by atoms with Crippen LogP contribution in [0, 0.1) is 0 Å². The molecule has 3 aromatic carbocycles. The summed E-state index contributed by atoms with van der Waals surface area (Å²) in [5.74, 6) is 0. The summed E-state index contributed by atoms with van der Waals surface area (Å²) in [5, 5.41) is 0.453. The highest BCUT2D eigenvalue weighted by Crippen LogP contribution is 2.56. The van der Waals surface area contributed by atoms with Crippen LogP contribution in [0.1, 0.15) is 31.4 Å². The lowest BCUT2D eigenvalue weighted by molar-refractivity contribution is -0.461. The summed E-state index contributed by atoms with van der Waals surface area (Å²) >= 11 is 2.01. The van der Waals surface area contributed by atoms with Gasteiger partial charge in [0.05, 0.1) is 22.9 Å². The van der Waals surface area contributed by atoms with Crippen LogP contribution in [-0.4, -0.2) is 21.6 Å². The van der Waals surface area contributed by atoms with Crippen LogP contribution in [0.2, 0.25) is 0 Å². The first kappa shape index (κ1) is 23.2. The zero-order chi connectivity index (χ0) is 27.7. The Balaban J connectivity index is 1.18. The Morgan fingerprint density at radius 3 is 2.64 bits per heavy atom. The maximum atomic E-state index is 2.65. The second-order valence-electron chi connectivity index (χ2n) is 12.7. The molecule has 3 heteroatoms. The largest absolute Gasteiger partial charge is 0.302 e. The predicted octanol–water partition coefficient (Wildman–Crippen LogP) is 9.19. The molecular weight excluding hydrogens is 529 g/mol. The molecule has 7 aliphatic rings. The molecule has 0 spiro atoms. The zero-order valence-electron chi connectivity index (χ0n) is 23.6. The number of hydrogen-bond donors (Lipinski definition) is 0. The van der Waals surface area contributed by atoms with Crippen molar-refractivity contribution in [3.63, 3.8) is 0 Å². The van der Waals surface area contributed by atoms with Crippen molar-refractivity contribution in [1.82, 2.24) is 0 Å². The number of nitrogens with zero attached hydrogens (tertiary/aromatic N) is 2. The van der Waals surface area contributed by atoms with Gasteiger partial charge in [0, 0.05) is 27.6 Å². The van der Waals surface area contributed by atoms with E-state index in [2.05, 4.69) is 139 Å². The molecule has 0 N–H and O–H groups in total. The summed E-state index contributed by atoms with van der Waals surface area (Å²) in [4.78, 5) is 3.99. The first-order valence-corrected chi connectivity index (χ1v) is 15.9. The second-order valence-corrected chi connectivity index (χ2v) is 13.8. The summed E-state index contributed by atoms with van der Waals surface area (Å²) in [6.07, 6.45) is 19.5. The Bertz CT molecular complexity index is 2070. The second kappa shape index (κ2) is 7.93. The molecule has 4 aliphatic carbocycles. The SMILES string of the molecule is CC1(C)c2ccccc2-c2ccc(N3C4=CC=CC5=C6C=C7SC8C=CC=CC8=C7CC6=[N+](c6ccccc63)C45)cc21. The Hall–Kier alpha value is -4.34. The van der Waals surface area contributed by atoms with Crippen LogP contribution in [0.5, 0.6) is 0 Å². The van der Waals surface area contributed by atoms with Gasteiger partial charge >= 0.3 is 0 Å². The minimum atomic E-state index is -0.0352. The highest BCUT2D eigenvalue weighted by Gasteiger charge is 2.52. The normalized spacial score (nSPS) is 24.6. The van der Waals surface area contributed by atoms with Crippen molar-refractivity contribution < 1.29 is 4.58 Å². The van der Waals surface area contributed by atoms with Crippen LogP contribution in [0.15, 0.2) is 148 Å². The van der Waals surface area contributed by atoms with E-state index >= 15 is 0 Å². The summed E-state index contributed by atoms with van der Waals surface area (Å²) in [6, 6.07) is 25.3. The number of benzene rings is 3. The Labute approximate surface area is 250 Å². The maximum absolute atomic E-state index is 2.65. The average molecular weight is 558 g/mol. The standard InChI is InChI=1S/C39H29N2S/c1-39(2)30-13-5-3-10-24(30)25-19-18-23(20-31(25)39)40-32-14-6-7-15-33(32)41-35-21-29-26-11-4-8-17-36(26)42-37(29)22-28(35)27-12-9-16-34(40)38(27)41/h3-20,22,36,38H,21H2,1-2H3/q+1. The van der Waals surface area contributed by atoms with E-state index in [1.807, 2.05) is 11.8 Å². The van der Waals surface area contributed by atoms with Crippen LogP contribution in [-0.2, 0) is 5.41 Å². The quantitative estimate of drug-likeness (QED) is 0.275. The van der Waals surface area contributed by atoms with Gasteiger partial charge in [0.1, 0.15) is 5.69 Å². The lowest BCUT2D eigenvalue weighted by Crippen LogP contribution is -2.39. The van der Waals surface area contributed by atoms with Crippen molar-refractivity contribution in [2.75, 3.05) is 4.90 Å². The minimum Gasteiger partial charge on any atom is -0.302 e. The van der Waals surface area contributed by atoms with Gasteiger partial charge in [-0.3, -0.25) is 0 Å². The number of hydrogen-bond acceptors (Lipinski definition) is 2. The lowest BCUT2D eigenvalue weighted by atomic mass is 9.82. The number of rotatable bonds is 1. The van der Waals surface area contributed by atoms with Crippen molar-refractivity contribution in [3.05, 3.63) is 159 Å². The highest BCUT2D eigenvalue weighted by molar-refractivity contribution is 8.04. The van der Waals surface area contributed by atoms with Gasteiger partial charge in [-0.1, -0.05) is 92.8 Å². The van der Waals surface area contributed by atoms with Gasteiger partial charge in [0.2, 0.25) is 11.7 Å². The smallest absolute Gasteiger partial charge is 0.230 e. The van der Waals surface area contributed by atoms with E-state index in [9.17, 15) is 0 Å². The molecular formula is C39H29N2S+. The van der Waals surface area contributed by atoms with E-state index in [1.54, 1.807) is 0 Å². The first-order chi connectivity index (χ1) is 20.6. The molecule has 3 heterocycles. The van der Waals surface area contributed by atoms with Crippen LogP contribution < -0.4 is 4.90 Å². The fourth-order valence-electron chi connectivity index (χ4n) is 8.35. The number of thioether (sulfide) groups is 1. The third-order valence-electron chi connectivity index (χ3n) is 10.3. The molecule has 0 bridgehead atoms. The predicted molar refractivity (Wildman–Crippen MR) is 175 cm³/mol. The molecule has 0 fully saturated rings. The van der Waals surface area contributed by atoms with Crippen LogP contribution in [0.25, 0.3) is 11.1 Å². The van der Waals surface area contributed by atoms with Crippen LogP contribution in [0.4, 0.5) is 17.1 Å². The van der Waals surface area contributed by atoms with E-state index in [0.29, 0.717) is 5.25 Å². The molecule has 0 aromatic heterocycles. The summed E-state index contributed by atoms with van der Waals surface area (Å²) in [6.45, 7) is 4.74. The number of fused-ring (bicyclic) bond motifs is 8. The van der Waals surface area contributed by atoms with Crippen molar-refractivity contribution in [1.29, 1.82) is 0 Å². The van der Waals surface area contributed by atoms with E-state index in [-0.39, 0.29) is 11.5 Å². The van der Waals surface area contributed by atoms with Crippen molar-refractivity contribution in [3.8, 4) is 11.1 Å². The molecule has 10 rings (SSSR count). The molecule has 200 valence electrons. The van der Waals surface area contributed by atoms with E-state index < -0.39 is 0 Å². The first-order valence-electron chi connectivity index (χ1n) is 15.0. The van der Waals surface area contributed by atoms with Crippen LogP contribution in [0.3, 0.4) is 0 Å². The van der Waals surface area contributed by atoms with Gasteiger partial charge in [0.15, 0.2) is 5.71 Å². The molecule has 2 nitrogen and oxygen atoms in total. The molecule has 3 aromatic rings. The van der Waals surface area contributed by atoms with Gasteiger partial charge in [-0.15, -0.1) is 11.8 Å². The fourth-order valence-corrected chi connectivity index (χ4v) is 9.66. The average Bonchev–Trinajstić information content (AvgIpc) is 3.63. The summed E-state index contributed by atoms with van der Waals surface area (Å²) < 4.78 is 2.65. The maximum Gasteiger partial charge on any atom is 0.230 e. The minimum absolute atomic E-state index is 0.0352. The van der Waals surface area contributed by atoms with Crippen molar-refractivity contribution >= 4 is 34.5 Å². The third kappa shape index (κ3) is 2.80. The molecule has 0 saturated heterocycles. The topological polar surface area (TPSA) is 6.25 Å². The molecule has 3 aliphatic heterocycles. The number of anilines is 2. The Kier molecular flexibility index (Phi) is 4.39. The Morgan fingerprint density at radius 2 is 1.69 bits per heavy atom. The molecule has 2 atom stereocenters. The fraction of sp³-hybridized carbons (Fsp3) is 0.154. The Morgan fingerprint density at radius 1 is 0.857 bits per heavy atom. The molecule has 0 saturated carbocycles. The summed E-state index contributed by atoms with van der Waals surface area (Å²) in [7, 11) is 0. The number of para-hydroxylation sites is 2. The van der Waals surface area contributed by atoms with Gasteiger partial charge in [-0.2, -0.15) is 4.58 Å². The number of allylic oxidation sites excluding steroid dienone is 8. The summed E-state index contributed by atoms with van der Waals surface area (Å²) in [5.41, 5.74) is 17.9. The van der Waals surface area contributed by atoms with Crippen molar-refractivity contribution in [2.24, 2.45) is 0 Å². The van der Waals surface area contributed by atoms with Gasteiger partial charge in [-0.25, -0.2) is 0 Å². The zero-order valence-corrected chi connectivity index (χ0v) is 24.5. The van der Waals surface area contributed by atoms with E-state index in [1.165, 1.54) is 77.9 Å². The monoisotopic (exact) mass is 557 g/mol. The van der Waals surface area contributed by atoms with Gasteiger partial charge in [-0.05, 0) is 63.8 Å². The van der Waals surface area contributed by atoms with Crippen LogP contribution >= 0.6 is 11.8 Å². The van der Waals surface area contributed by atoms with E-state index in [4.69, 9.17) is 0 Å². The molecule has 2 unspecified atom stereocenters. The lowest BCUT2D eigenvalue weighted by Gasteiger charge is -2.36. The highest BCUT2D eigenvalue weighted by atomic mass is 32.2. The van der Waals surface area contributed by atoms with Crippen molar-refractivity contribution in [2.45, 2.75) is 37.0 Å². The third-order valence-corrected chi connectivity index (χ3v) is 11.5. The van der Waals surface area contributed by atoms with Gasteiger partial charge in [0.25, 0.3) is 0 Å². The molecule has 0 amide bonds. The molecule has 0 radical (unpaired) electrons. The molecule has 42 heavy (non-hydrogen) atoms. The van der Waals surface area contributed by atoms with Gasteiger partial charge < -0.3 is 4.90 Å².